The Balaban J connectivity index is 1.76. The zero-order valence-electron chi connectivity index (χ0n) is 16.6. The number of amides is 4. The number of fused-ring (bicyclic) bond motifs is 1. The summed E-state index contributed by atoms with van der Waals surface area (Å²) in [5.74, 6) is -1.53. The number of rotatable bonds is 6. The maximum Gasteiger partial charge on any atom is 0.261 e. The van der Waals surface area contributed by atoms with E-state index in [2.05, 4.69) is 10.6 Å². The van der Waals surface area contributed by atoms with Crippen molar-refractivity contribution >= 4 is 35.0 Å². The molecule has 0 spiro atoms. The van der Waals surface area contributed by atoms with Gasteiger partial charge in [0, 0.05) is 23.5 Å². The lowest BCUT2D eigenvalue weighted by molar-refractivity contribution is -0.115. The molecule has 0 saturated heterocycles. The maximum absolute atomic E-state index is 12.6. The van der Waals surface area contributed by atoms with Crippen LogP contribution >= 0.6 is 0 Å². The smallest absolute Gasteiger partial charge is 0.261 e. The highest BCUT2D eigenvalue weighted by Crippen LogP contribution is 2.25. The molecule has 0 aromatic heterocycles. The summed E-state index contributed by atoms with van der Waals surface area (Å²) < 4.78 is 0. The molecule has 0 bridgehead atoms. The topological polar surface area (TPSA) is 119 Å². The Kier molecular flexibility index (Phi) is 5.93. The molecule has 0 unspecified atom stereocenters. The number of carbonyl (C=O) groups excluding carboxylic acids is 4. The fourth-order valence-electron chi connectivity index (χ4n) is 3.12. The maximum atomic E-state index is 12.6. The first-order valence-electron chi connectivity index (χ1n) is 9.38. The summed E-state index contributed by atoms with van der Waals surface area (Å²) >= 11 is 0. The van der Waals surface area contributed by atoms with Gasteiger partial charge < -0.3 is 10.6 Å². The summed E-state index contributed by atoms with van der Waals surface area (Å²) in [4.78, 5) is 50.4. The number of nitriles is 1. The largest absolute Gasteiger partial charge is 0.325 e. The third-order valence-corrected chi connectivity index (χ3v) is 4.42. The molecule has 0 fully saturated rings. The van der Waals surface area contributed by atoms with Gasteiger partial charge in [0.05, 0.1) is 17.2 Å². The van der Waals surface area contributed by atoms with Crippen LogP contribution in [-0.2, 0) is 4.79 Å². The molecule has 2 aromatic carbocycles. The number of nitrogens with zero attached hydrogens (tertiary/aromatic N) is 2. The molecule has 152 valence electrons. The number of benzene rings is 2. The molecule has 8 heteroatoms. The van der Waals surface area contributed by atoms with Gasteiger partial charge in [0.2, 0.25) is 5.91 Å². The van der Waals surface area contributed by atoms with Crippen molar-refractivity contribution in [3.8, 4) is 6.07 Å². The van der Waals surface area contributed by atoms with E-state index in [0.29, 0.717) is 23.5 Å². The molecule has 0 saturated carbocycles. The molecule has 0 aliphatic carbocycles. The summed E-state index contributed by atoms with van der Waals surface area (Å²) in [5.41, 5.74) is 1.61. The van der Waals surface area contributed by atoms with Crippen molar-refractivity contribution in [1.29, 1.82) is 5.26 Å². The molecular formula is C22H20N4O4. The van der Waals surface area contributed by atoms with Crippen LogP contribution in [0.5, 0.6) is 0 Å². The number of hydrogen-bond donors (Lipinski definition) is 2. The molecule has 2 aromatic rings. The van der Waals surface area contributed by atoms with Gasteiger partial charge in [-0.3, -0.25) is 24.1 Å². The minimum Gasteiger partial charge on any atom is -0.325 e. The van der Waals surface area contributed by atoms with Crippen molar-refractivity contribution in [2.75, 3.05) is 17.2 Å². The van der Waals surface area contributed by atoms with E-state index in [1.165, 1.54) is 23.1 Å². The van der Waals surface area contributed by atoms with Gasteiger partial charge in [0.1, 0.15) is 6.42 Å². The van der Waals surface area contributed by atoms with Crippen LogP contribution in [0.2, 0.25) is 0 Å². The van der Waals surface area contributed by atoms with Crippen LogP contribution in [0.15, 0.2) is 42.5 Å². The van der Waals surface area contributed by atoms with Gasteiger partial charge in [-0.1, -0.05) is 19.9 Å². The van der Waals surface area contributed by atoms with E-state index in [4.69, 9.17) is 5.26 Å². The second kappa shape index (κ2) is 8.57. The van der Waals surface area contributed by atoms with E-state index in [1.807, 2.05) is 13.8 Å². The van der Waals surface area contributed by atoms with Crippen LogP contribution in [0.3, 0.4) is 0 Å². The minimum absolute atomic E-state index is 0.135. The van der Waals surface area contributed by atoms with Crippen molar-refractivity contribution in [2.45, 2.75) is 20.3 Å². The third kappa shape index (κ3) is 4.36. The Bertz CT molecular complexity index is 1080. The van der Waals surface area contributed by atoms with E-state index in [9.17, 15) is 19.2 Å². The van der Waals surface area contributed by atoms with Crippen molar-refractivity contribution in [2.24, 2.45) is 5.92 Å². The number of carbonyl (C=O) groups is 4. The molecule has 2 N–H and O–H groups in total. The first-order valence-corrected chi connectivity index (χ1v) is 9.38. The predicted molar refractivity (Wildman–Crippen MR) is 110 cm³/mol. The van der Waals surface area contributed by atoms with Gasteiger partial charge in [-0.05, 0) is 42.3 Å². The van der Waals surface area contributed by atoms with Gasteiger partial charge in [-0.15, -0.1) is 0 Å². The van der Waals surface area contributed by atoms with Gasteiger partial charge in [-0.25, -0.2) is 0 Å². The molecule has 30 heavy (non-hydrogen) atoms. The monoisotopic (exact) mass is 404 g/mol. The first kappa shape index (κ1) is 20.7. The van der Waals surface area contributed by atoms with E-state index < -0.39 is 17.7 Å². The van der Waals surface area contributed by atoms with Gasteiger partial charge in [0.15, 0.2) is 0 Å². The number of anilines is 2. The zero-order valence-corrected chi connectivity index (χ0v) is 16.6. The van der Waals surface area contributed by atoms with Crippen LogP contribution < -0.4 is 10.6 Å². The molecule has 4 amide bonds. The SMILES string of the molecule is CC(C)CN1C(=O)c2ccc(C(=O)Nc3cccc(NC(=O)CC#N)c3)cc2C1=O. The predicted octanol–water partition coefficient (Wildman–Crippen LogP) is 3.04. The second-order valence-electron chi connectivity index (χ2n) is 7.29. The lowest BCUT2D eigenvalue weighted by Crippen LogP contribution is -2.33. The molecular weight excluding hydrogens is 384 g/mol. The Morgan fingerprint density at radius 1 is 1.00 bits per heavy atom. The highest BCUT2D eigenvalue weighted by atomic mass is 16.2. The fourth-order valence-corrected chi connectivity index (χ4v) is 3.12. The summed E-state index contributed by atoms with van der Waals surface area (Å²) in [5, 5.41) is 13.8. The summed E-state index contributed by atoms with van der Waals surface area (Å²) in [7, 11) is 0. The first-order chi connectivity index (χ1) is 14.3. The van der Waals surface area contributed by atoms with Crippen LogP contribution in [0, 0.1) is 17.2 Å². The Hall–Kier alpha value is -3.99. The van der Waals surface area contributed by atoms with Crippen molar-refractivity contribution in [3.05, 3.63) is 59.2 Å². The van der Waals surface area contributed by atoms with Crippen molar-refractivity contribution < 1.29 is 19.2 Å². The molecule has 8 nitrogen and oxygen atoms in total. The van der Waals surface area contributed by atoms with Gasteiger partial charge in [0.25, 0.3) is 17.7 Å². The number of imide groups is 1. The van der Waals surface area contributed by atoms with E-state index in [-0.39, 0.29) is 29.4 Å². The van der Waals surface area contributed by atoms with E-state index in [1.54, 1.807) is 30.3 Å². The number of hydrogen-bond acceptors (Lipinski definition) is 5. The highest BCUT2D eigenvalue weighted by Gasteiger charge is 2.36. The van der Waals surface area contributed by atoms with Gasteiger partial charge in [-0.2, -0.15) is 5.26 Å². The third-order valence-electron chi connectivity index (χ3n) is 4.42. The summed E-state index contributed by atoms with van der Waals surface area (Å²) in [6, 6.07) is 12.6. The Morgan fingerprint density at radius 2 is 1.67 bits per heavy atom. The molecule has 0 atom stereocenters. The normalized spacial score (nSPS) is 12.5. The van der Waals surface area contributed by atoms with Gasteiger partial charge >= 0.3 is 0 Å². The summed E-state index contributed by atoms with van der Waals surface area (Å²) in [6.07, 6.45) is -0.272. The minimum atomic E-state index is -0.458. The highest BCUT2D eigenvalue weighted by molar-refractivity contribution is 6.22. The lowest BCUT2D eigenvalue weighted by atomic mass is 10.1. The fraction of sp³-hybridized carbons (Fsp3) is 0.227. The van der Waals surface area contributed by atoms with Crippen molar-refractivity contribution in [3.63, 3.8) is 0 Å². The molecule has 0 radical (unpaired) electrons. The standard InChI is InChI=1S/C22H20N4O4/c1-13(2)12-26-21(29)17-7-6-14(10-18(17)22(26)30)20(28)25-16-5-3-4-15(11-16)24-19(27)8-9-23/h3-7,10-11,13H,8,12H2,1-2H3,(H,24,27)(H,25,28). The Morgan fingerprint density at radius 3 is 2.33 bits per heavy atom. The average molecular weight is 404 g/mol. The molecule has 1 aliphatic rings. The van der Waals surface area contributed by atoms with Crippen LogP contribution in [-0.4, -0.2) is 35.1 Å². The molecule has 3 rings (SSSR count). The van der Waals surface area contributed by atoms with Crippen LogP contribution in [0.4, 0.5) is 11.4 Å². The van der Waals surface area contributed by atoms with E-state index in [0.717, 1.165) is 0 Å². The second-order valence-corrected chi connectivity index (χ2v) is 7.29. The average Bonchev–Trinajstić information content (AvgIpc) is 2.92. The Labute approximate surface area is 173 Å². The van der Waals surface area contributed by atoms with E-state index >= 15 is 0 Å². The quantitative estimate of drug-likeness (QED) is 0.717. The summed E-state index contributed by atoms with van der Waals surface area (Å²) in [6.45, 7) is 4.15. The number of nitrogens with one attached hydrogen (secondary N) is 2. The van der Waals surface area contributed by atoms with Crippen molar-refractivity contribution in [1.82, 2.24) is 4.90 Å². The molecule has 1 heterocycles. The van der Waals surface area contributed by atoms with Crippen LogP contribution in [0.25, 0.3) is 0 Å². The molecule has 1 aliphatic heterocycles. The lowest BCUT2D eigenvalue weighted by Gasteiger charge is -2.15. The zero-order chi connectivity index (χ0) is 21.8. The van der Waals surface area contributed by atoms with Crippen LogP contribution in [0.1, 0.15) is 51.3 Å².